The van der Waals surface area contributed by atoms with Gasteiger partial charge in [-0.2, -0.15) is 0 Å². The molecule has 0 spiro atoms. The molecule has 4 nitrogen and oxygen atoms in total. The number of nitrogens with zero attached hydrogens (tertiary/aromatic N) is 1. The van der Waals surface area contributed by atoms with Crippen LogP contribution in [0.4, 0.5) is 0 Å². The number of hydrogen-bond acceptors (Lipinski definition) is 3. The molecule has 2 aromatic carbocycles. The highest BCUT2D eigenvalue weighted by Crippen LogP contribution is 2.33. The molecule has 0 aliphatic carbocycles. The zero-order chi connectivity index (χ0) is 17.1. The summed E-state index contributed by atoms with van der Waals surface area (Å²) in [6.07, 6.45) is 1.78. The number of ether oxygens (including phenoxy) is 1. The van der Waals surface area contributed by atoms with Crippen molar-refractivity contribution in [2.24, 2.45) is 0 Å². The van der Waals surface area contributed by atoms with Crippen molar-refractivity contribution < 1.29 is 14.6 Å². The van der Waals surface area contributed by atoms with E-state index in [-0.39, 0.29) is 17.2 Å². The SMILES string of the molecule is COc1cccc(O)c1C(=O)N1CCC(c2ccc(Cl)cc2)CC1. The first-order chi connectivity index (χ1) is 11.6. The van der Waals surface area contributed by atoms with Crippen molar-refractivity contribution in [2.75, 3.05) is 20.2 Å². The fourth-order valence-corrected chi connectivity index (χ4v) is 3.34. The van der Waals surface area contributed by atoms with Crippen LogP contribution in [0.15, 0.2) is 42.5 Å². The Morgan fingerprint density at radius 1 is 1.17 bits per heavy atom. The summed E-state index contributed by atoms with van der Waals surface area (Å²) in [5.41, 5.74) is 1.50. The highest BCUT2D eigenvalue weighted by atomic mass is 35.5. The minimum atomic E-state index is -0.181. The molecule has 0 saturated carbocycles. The molecule has 1 fully saturated rings. The molecule has 1 saturated heterocycles. The van der Waals surface area contributed by atoms with Crippen molar-refractivity contribution in [1.29, 1.82) is 0 Å². The number of methoxy groups -OCH3 is 1. The summed E-state index contributed by atoms with van der Waals surface area (Å²) >= 11 is 5.94. The second kappa shape index (κ2) is 7.14. The average Bonchev–Trinajstić information content (AvgIpc) is 2.61. The van der Waals surface area contributed by atoms with E-state index in [1.807, 2.05) is 12.1 Å². The van der Waals surface area contributed by atoms with Gasteiger partial charge in [0.2, 0.25) is 0 Å². The van der Waals surface area contributed by atoms with Crippen LogP contribution in [-0.4, -0.2) is 36.1 Å². The van der Waals surface area contributed by atoms with Gasteiger partial charge in [-0.15, -0.1) is 0 Å². The summed E-state index contributed by atoms with van der Waals surface area (Å²) in [5, 5.41) is 10.8. The number of benzene rings is 2. The lowest BCUT2D eigenvalue weighted by atomic mass is 9.89. The van der Waals surface area contributed by atoms with Gasteiger partial charge in [0.15, 0.2) is 0 Å². The maximum atomic E-state index is 12.8. The van der Waals surface area contributed by atoms with Crippen molar-refractivity contribution in [3.8, 4) is 11.5 Å². The number of likely N-dealkylation sites (tertiary alicyclic amines) is 1. The zero-order valence-corrected chi connectivity index (χ0v) is 14.3. The monoisotopic (exact) mass is 345 g/mol. The van der Waals surface area contributed by atoms with Gasteiger partial charge in [-0.1, -0.05) is 29.8 Å². The van der Waals surface area contributed by atoms with E-state index < -0.39 is 0 Å². The number of aromatic hydroxyl groups is 1. The largest absolute Gasteiger partial charge is 0.507 e. The van der Waals surface area contributed by atoms with Crippen molar-refractivity contribution in [1.82, 2.24) is 4.90 Å². The van der Waals surface area contributed by atoms with Crippen LogP contribution >= 0.6 is 11.6 Å². The molecule has 126 valence electrons. The number of phenols is 1. The Morgan fingerprint density at radius 3 is 2.46 bits per heavy atom. The highest BCUT2D eigenvalue weighted by Gasteiger charge is 2.27. The molecule has 5 heteroatoms. The van der Waals surface area contributed by atoms with E-state index in [0.717, 1.165) is 17.9 Å². The molecule has 1 N–H and O–H groups in total. The van der Waals surface area contributed by atoms with E-state index in [1.54, 1.807) is 17.0 Å². The van der Waals surface area contributed by atoms with E-state index in [0.29, 0.717) is 24.8 Å². The number of hydrogen-bond donors (Lipinski definition) is 1. The maximum absolute atomic E-state index is 12.8. The first-order valence-corrected chi connectivity index (χ1v) is 8.38. The van der Waals surface area contributed by atoms with Crippen LogP contribution in [0.5, 0.6) is 11.5 Å². The van der Waals surface area contributed by atoms with E-state index >= 15 is 0 Å². The Hall–Kier alpha value is -2.20. The van der Waals surface area contributed by atoms with Gasteiger partial charge in [0.05, 0.1) is 7.11 Å². The molecule has 1 amide bonds. The van der Waals surface area contributed by atoms with Crippen LogP contribution in [0.25, 0.3) is 0 Å². The number of halogens is 1. The van der Waals surface area contributed by atoms with E-state index in [2.05, 4.69) is 12.1 Å². The van der Waals surface area contributed by atoms with Crippen LogP contribution in [-0.2, 0) is 0 Å². The molecular formula is C19H20ClNO3. The Balaban J connectivity index is 1.71. The van der Waals surface area contributed by atoms with Crippen LogP contribution in [0, 0.1) is 0 Å². The lowest BCUT2D eigenvalue weighted by Gasteiger charge is -2.32. The maximum Gasteiger partial charge on any atom is 0.261 e. The predicted octanol–water partition coefficient (Wildman–Crippen LogP) is 4.07. The molecule has 0 bridgehead atoms. The van der Waals surface area contributed by atoms with Crippen LogP contribution in [0.2, 0.25) is 5.02 Å². The number of rotatable bonds is 3. The number of phenolic OH excluding ortho intramolecular Hbond substituents is 1. The molecule has 0 radical (unpaired) electrons. The van der Waals surface area contributed by atoms with Crippen molar-refractivity contribution in [3.63, 3.8) is 0 Å². The molecular weight excluding hydrogens is 326 g/mol. The Morgan fingerprint density at radius 2 is 1.83 bits per heavy atom. The lowest BCUT2D eigenvalue weighted by Crippen LogP contribution is -2.38. The van der Waals surface area contributed by atoms with Gasteiger partial charge >= 0.3 is 0 Å². The molecule has 1 aliphatic rings. The van der Waals surface area contributed by atoms with Gasteiger partial charge in [-0.25, -0.2) is 0 Å². The summed E-state index contributed by atoms with van der Waals surface area (Å²) in [4.78, 5) is 14.5. The van der Waals surface area contributed by atoms with Gasteiger partial charge in [-0.3, -0.25) is 4.79 Å². The summed E-state index contributed by atoms with van der Waals surface area (Å²) < 4.78 is 5.22. The van der Waals surface area contributed by atoms with Gasteiger partial charge in [0, 0.05) is 18.1 Å². The molecule has 1 aliphatic heterocycles. The zero-order valence-electron chi connectivity index (χ0n) is 13.5. The minimum Gasteiger partial charge on any atom is -0.507 e. The van der Waals surface area contributed by atoms with Crippen LogP contribution in [0.3, 0.4) is 0 Å². The fraction of sp³-hybridized carbons (Fsp3) is 0.316. The third-order valence-corrected chi connectivity index (χ3v) is 4.81. The topological polar surface area (TPSA) is 49.8 Å². The number of amides is 1. The Kier molecular flexibility index (Phi) is 4.95. The van der Waals surface area contributed by atoms with E-state index in [4.69, 9.17) is 16.3 Å². The van der Waals surface area contributed by atoms with Crippen LogP contribution < -0.4 is 4.74 Å². The fourth-order valence-electron chi connectivity index (χ4n) is 3.21. The Bertz CT molecular complexity index is 722. The van der Waals surface area contributed by atoms with Gasteiger partial charge < -0.3 is 14.7 Å². The van der Waals surface area contributed by atoms with Gasteiger partial charge in [0.25, 0.3) is 5.91 Å². The van der Waals surface area contributed by atoms with E-state index in [1.165, 1.54) is 18.7 Å². The summed E-state index contributed by atoms with van der Waals surface area (Å²) in [5.74, 6) is 0.607. The average molecular weight is 346 g/mol. The second-order valence-corrected chi connectivity index (χ2v) is 6.41. The molecule has 3 rings (SSSR count). The van der Waals surface area contributed by atoms with Gasteiger partial charge in [-0.05, 0) is 48.6 Å². The second-order valence-electron chi connectivity index (χ2n) is 5.97. The lowest BCUT2D eigenvalue weighted by molar-refractivity contribution is 0.0706. The number of carbonyl (C=O) groups is 1. The molecule has 1 heterocycles. The highest BCUT2D eigenvalue weighted by molar-refractivity contribution is 6.30. The molecule has 0 atom stereocenters. The minimum absolute atomic E-state index is 0.0424. The van der Waals surface area contributed by atoms with Crippen molar-refractivity contribution >= 4 is 17.5 Å². The molecule has 0 aromatic heterocycles. The van der Waals surface area contributed by atoms with Crippen molar-refractivity contribution in [2.45, 2.75) is 18.8 Å². The predicted molar refractivity (Wildman–Crippen MR) is 94.0 cm³/mol. The van der Waals surface area contributed by atoms with Crippen molar-refractivity contribution in [3.05, 3.63) is 58.6 Å². The van der Waals surface area contributed by atoms with Gasteiger partial charge in [0.1, 0.15) is 17.1 Å². The third kappa shape index (κ3) is 3.34. The summed E-state index contributed by atoms with van der Waals surface area (Å²) in [7, 11) is 1.50. The Labute approximate surface area is 146 Å². The number of carbonyl (C=O) groups excluding carboxylic acids is 1. The first kappa shape index (κ1) is 16.7. The quantitative estimate of drug-likeness (QED) is 0.912. The first-order valence-electron chi connectivity index (χ1n) is 8.01. The normalized spacial score (nSPS) is 15.3. The summed E-state index contributed by atoms with van der Waals surface area (Å²) in [6, 6.07) is 12.8. The molecule has 24 heavy (non-hydrogen) atoms. The standard InChI is InChI=1S/C19H20ClNO3/c1-24-17-4-2-3-16(22)18(17)19(23)21-11-9-14(10-12-21)13-5-7-15(20)8-6-13/h2-8,14,22H,9-12H2,1H3. The smallest absolute Gasteiger partial charge is 0.261 e. The molecule has 0 unspecified atom stereocenters. The third-order valence-electron chi connectivity index (χ3n) is 4.56. The van der Waals surface area contributed by atoms with E-state index in [9.17, 15) is 9.90 Å². The van der Waals surface area contributed by atoms with Crippen LogP contribution in [0.1, 0.15) is 34.7 Å². The summed E-state index contributed by atoms with van der Waals surface area (Å²) in [6.45, 7) is 1.31. The number of piperidine rings is 1. The molecule has 2 aromatic rings.